The minimum atomic E-state index is -0.740. The van der Waals surface area contributed by atoms with Crippen LogP contribution in [0, 0.1) is 11.6 Å². The molecule has 0 unspecified atom stereocenters. The van der Waals surface area contributed by atoms with Gasteiger partial charge in [0.05, 0.1) is 24.4 Å². The number of para-hydroxylation sites is 1. The van der Waals surface area contributed by atoms with E-state index in [-0.39, 0.29) is 36.0 Å². The number of amides is 2. The zero-order chi connectivity index (χ0) is 24.1. The van der Waals surface area contributed by atoms with Gasteiger partial charge in [-0.15, -0.1) is 0 Å². The third kappa shape index (κ3) is 5.24. The summed E-state index contributed by atoms with van der Waals surface area (Å²) in [5.41, 5.74) is 0.612. The van der Waals surface area contributed by atoms with Gasteiger partial charge in [-0.1, -0.05) is 12.1 Å². The predicted molar refractivity (Wildman–Crippen MR) is 120 cm³/mol. The maximum atomic E-state index is 14.0. The third-order valence-electron chi connectivity index (χ3n) is 5.78. The van der Waals surface area contributed by atoms with Crippen LogP contribution in [0.4, 0.5) is 8.78 Å². The molecular weight excluding hydrogens is 444 g/mol. The molecule has 0 bridgehead atoms. The number of oxazole rings is 1. The highest BCUT2D eigenvalue weighted by atomic mass is 19.1. The summed E-state index contributed by atoms with van der Waals surface area (Å²) in [5.74, 6) is -0.597. The Morgan fingerprint density at radius 3 is 2.62 bits per heavy atom. The van der Waals surface area contributed by atoms with E-state index < -0.39 is 11.6 Å². The van der Waals surface area contributed by atoms with Crippen LogP contribution in [0.25, 0.3) is 11.3 Å². The average molecular weight is 469 g/mol. The van der Waals surface area contributed by atoms with Crippen LogP contribution in [-0.2, 0) is 11.2 Å². The van der Waals surface area contributed by atoms with Gasteiger partial charge >= 0.3 is 0 Å². The summed E-state index contributed by atoms with van der Waals surface area (Å²) in [6, 6.07) is 10.3. The Morgan fingerprint density at radius 2 is 1.82 bits per heavy atom. The topological polar surface area (TPSA) is 75.9 Å². The minimum Gasteiger partial charge on any atom is -0.496 e. The number of nitrogens with zero attached hydrogens (tertiary/aromatic N) is 3. The smallest absolute Gasteiger partial charge is 0.257 e. The Hall–Kier alpha value is -3.75. The minimum absolute atomic E-state index is 0.0701. The molecule has 2 amide bonds. The van der Waals surface area contributed by atoms with Crippen LogP contribution in [0.1, 0.15) is 29.1 Å². The van der Waals surface area contributed by atoms with E-state index in [4.69, 9.17) is 9.15 Å². The number of carbonyl (C=O) groups excluding carboxylic acids is 2. The highest BCUT2D eigenvalue weighted by Gasteiger charge is 2.24. The lowest BCUT2D eigenvalue weighted by Crippen LogP contribution is -2.37. The number of rotatable bonds is 6. The monoisotopic (exact) mass is 469 g/mol. The fraction of sp³-hybridized carbons (Fsp3) is 0.320. The molecule has 2 heterocycles. The van der Waals surface area contributed by atoms with Crippen molar-refractivity contribution in [3.63, 3.8) is 0 Å². The molecule has 0 radical (unpaired) electrons. The molecule has 9 heteroatoms. The van der Waals surface area contributed by atoms with E-state index in [0.29, 0.717) is 49.8 Å². The normalized spacial score (nSPS) is 14.1. The highest BCUT2D eigenvalue weighted by Crippen LogP contribution is 2.25. The molecule has 1 aromatic heterocycles. The Kier molecular flexibility index (Phi) is 7.20. The molecule has 1 aliphatic heterocycles. The molecule has 4 rings (SSSR count). The summed E-state index contributed by atoms with van der Waals surface area (Å²) in [5, 5.41) is 0. The molecule has 3 aromatic rings. The number of aromatic nitrogens is 1. The summed E-state index contributed by atoms with van der Waals surface area (Å²) in [6.45, 7) is 1.95. The van der Waals surface area contributed by atoms with Crippen LogP contribution in [0.5, 0.6) is 5.75 Å². The maximum Gasteiger partial charge on any atom is 0.257 e. The predicted octanol–water partition coefficient (Wildman–Crippen LogP) is 3.94. The van der Waals surface area contributed by atoms with E-state index in [2.05, 4.69) is 4.98 Å². The molecule has 0 N–H and O–H groups in total. The molecule has 1 saturated heterocycles. The van der Waals surface area contributed by atoms with Gasteiger partial charge in [-0.3, -0.25) is 9.59 Å². The van der Waals surface area contributed by atoms with E-state index in [9.17, 15) is 18.4 Å². The van der Waals surface area contributed by atoms with Crippen LogP contribution in [0.2, 0.25) is 0 Å². The summed E-state index contributed by atoms with van der Waals surface area (Å²) in [4.78, 5) is 33.3. The number of halogens is 2. The van der Waals surface area contributed by atoms with E-state index in [0.717, 1.165) is 12.1 Å². The van der Waals surface area contributed by atoms with Crippen molar-refractivity contribution in [2.24, 2.45) is 0 Å². The van der Waals surface area contributed by atoms with Gasteiger partial charge in [-0.2, -0.15) is 0 Å². The zero-order valence-corrected chi connectivity index (χ0v) is 18.8. The van der Waals surface area contributed by atoms with Crippen molar-refractivity contribution >= 4 is 11.8 Å². The van der Waals surface area contributed by atoms with Crippen molar-refractivity contribution in [1.82, 2.24) is 14.8 Å². The van der Waals surface area contributed by atoms with Crippen molar-refractivity contribution in [3.05, 3.63) is 71.8 Å². The lowest BCUT2D eigenvalue weighted by molar-refractivity contribution is -0.131. The van der Waals surface area contributed by atoms with Gasteiger partial charge in [0.15, 0.2) is 11.7 Å². The average Bonchev–Trinajstić information content (AvgIpc) is 3.17. The molecule has 0 spiro atoms. The van der Waals surface area contributed by atoms with E-state index in [1.807, 2.05) is 6.07 Å². The molecular formula is C25H25F2N3O4. The van der Waals surface area contributed by atoms with Crippen LogP contribution >= 0.6 is 0 Å². The molecule has 178 valence electrons. The Balaban J connectivity index is 1.32. The molecule has 34 heavy (non-hydrogen) atoms. The van der Waals surface area contributed by atoms with Crippen LogP contribution in [-0.4, -0.2) is 59.9 Å². The summed E-state index contributed by atoms with van der Waals surface area (Å²) in [6.07, 6.45) is 2.46. The number of ether oxygens (including phenoxy) is 1. The van der Waals surface area contributed by atoms with Crippen LogP contribution in [0.3, 0.4) is 0 Å². The largest absolute Gasteiger partial charge is 0.496 e. The molecule has 1 aliphatic rings. The summed E-state index contributed by atoms with van der Waals surface area (Å²) < 4.78 is 37.9. The van der Waals surface area contributed by atoms with Crippen LogP contribution < -0.4 is 4.74 Å². The van der Waals surface area contributed by atoms with Gasteiger partial charge < -0.3 is 19.0 Å². The number of hydrogen-bond donors (Lipinski definition) is 0. The molecule has 1 fully saturated rings. The number of aryl methyl sites for hydroxylation is 1. The van der Waals surface area contributed by atoms with E-state index in [1.165, 1.54) is 19.4 Å². The second kappa shape index (κ2) is 10.5. The maximum absolute atomic E-state index is 14.0. The molecule has 0 aliphatic carbocycles. The van der Waals surface area contributed by atoms with Gasteiger partial charge in [0.2, 0.25) is 5.91 Å². The van der Waals surface area contributed by atoms with Crippen molar-refractivity contribution < 1.29 is 27.5 Å². The van der Waals surface area contributed by atoms with Gasteiger partial charge in [-0.05, 0) is 30.7 Å². The first-order valence-corrected chi connectivity index (χ1v) is 11.1. The standard InChI is InChI=1S/C25H25F2N3O4/c1-33-21-6-3-2-5-19(21)25(32)30-12-4-11-29(13-14-30)24(31)10-9-23-28-16-22(34-23)18-8-7-17(26)15-20(18)27/h2-3,5-8,15-16H,4,9-14H2,1H3. The first kappa shape index (κ1) is 23.4. The number of benzene rings is 2. The number of carbonyl (C=O) groups is 2. The SMILES string of the molecule is COc1ccccc1C(=O)N1CCCN(C(=O)CCc2ncc(-c3ccc(F)cc3F)o2)CC1. The van der Waals surface area contributed by atoms with Crippen molar-refractivity contribution in [3.8, 4) is 17.1 Å². The summed E-state index contributed by atoms with van der Waals surface area (Å²) >= 11 is 0. The number of methoxy groups -OCH3 is 1. The molecule has 2 aromatic carbocycles. The summed E-state index contributed by atoms with van der Waals surface area (Å²) in [7, 11) is 1.53. The molecule has 0 saturated carbocycles. The Labute approximate surface area is 195 Å². The third-order valence-corrected chi connectivity index (χ3v) is 5.78. The Morgan fingerprint density at radius 1 is 1.06 bits per heavy atom. The highest BCUT2D eigenvalue weighted by molar-refractivity contribution is 5.97. The van der Waals surface area contributed by atoms with Crippen molar-refractivity contribution in [1.29, 1.82) is 0 Å². The van der Waals surface area contributed by atoms with Crippen LogP contribution in [0.15, 0.2) is 53.1 Å². The van der Waals surface area contributed by atoms with Crippen molar-refractivity contribution in [2.75, 3.05) is 33.3 Å². The van der Waals surface area contributed by atoms with Crippen molar-refractivity contribution in [2.45, 2.75) is 19.3 Å². The fourth-order valence-corrected chi connectivity index (χ4v) is 3.97. The first-order valence-electron chi connectivity index (χ1n) is 11.1. The Bertz CT molecular complexity index is 1180. The first-order chi connectivity index (χ1) is 16.5. The lowest BCUT2D eigenvalue weighted by atomic mass is 10.1. The van der Waals surface area contributed by atoms with Gasteiger partial charge in [-0.25, -0.2) is 13.8 Å². The second-order valence-electron chi connectivity index (χ2n) is 7.97. The zero-order valence-electron chi connectivity index (χ0n) is 18.8. The lowest BCUT2D eigenvalue weighted by Gasteiger charge is -2.23. The van der Waals surface area contributed by atoms with E-state index >= 15 is 0 Å². The van der Waals surface area contributed by atoms with Gasteiger partial charge in [0.25, 0.3) is 5.91 Å². The number of hydrogen-bond acceptors (Lipinski definition) is 5. The quantitative estimate of drug-likeness (QED) is 0.547. The van der Waals surface area contributed by atoms with E-state index in [1.54, 1.807) is 28.0 Å². The molecule has 0 atom stereocenters. The van der Waals surface area contributed by atoms with Gasteiger partial charge in [0.1, 0.15) is 17.4 Å². The fourth-order valence-electron chi connectivity index (χ4n) is 3.97. The van der Waals surface area contributed by atoms with Gasteiger partial charge in [0, 0.05) is 45.1 Å². The second-order valence-corrected chi connectivity index (χ2v) is 7.97. The molecule has 7 nitrogen and oxygen atoms in total.